The van der Waals surface area contributed by atoms with Gasteiger partial charge in [-0.2, -0.15) is 0 Å². The van der Waals surface area contributed by atoms with E-state index in [9.17, 15) is 4.79 Å². The van der Waals surface area contributed by atoms with Gasteiger partial charge in [-0.1, -0.05) is 11.6 Å². The molecule has 0 aliphatic carbocycles. The van der Waals surface area contributed by atoms with E-state index in [0.717, 1.165) is 4.47 Å². The van der Waals surface area contributed by atoms with E-state index in [2.05, 4.69) is 21.2 Å². The number of aliphatic carboxylic acids is 1. The molecule has 16 heavy (non-hydrogen) atoms. The Hall–Kier alpha value is -0.780. The van der Waals surface area contributed by atoms with Gasteiger partial charge in [-0.3, -0.25) is 0 Å². The minimum atomic E-state index is -0.978. The lowest BCUT2D eigenvalue weighted by molar-refractivity contribution is -0.139. The molecule has 1 rings (SSSR count). The first-order valence-corrected chi connectivity index (χ1v) is 5.65. The molecule has 88 valence electrons. The molecule has 0 aliphatic rings. The van der Waals surface area contributed by atoms with Gasteiger partial charge >= 0.3 is 5.97 Å². The lowest BCUT2D eigenvalue weighted by Crippen LogP contribution is -2.33. The van der Waals surface area contributed by atoms with Gasteiger partial charge in [0.2, 0.25) is 0 Å². The number of benzene rings is 1. The Labute approximate surface area is 107 Å². The Morgan fingerprint density at radius 3 is 2.94 bits per heavy atom. The third-order valence-electron chi connectivity index (χ3n) is 1.89. The first-order chi connectivity index (χ1) is 7.54. The van der Waals surface area contributed by atoms with Crippen molar-refractivity contribution in [3.05, 3.63) is 27.7 Å². The molecule has 4 nitrogen and oxygen atoms in total. The summed E-state index contributed by atoms with van der Waals surface area (Å²) >= 11 is 9.12. The lowest BCUT2D eigenvalue weighted by Gasteiger charge is -2.16. The van der Waals surface area contributed by atoms with Crippen LogP contribution in [-0.4, -0.2) is 30.8 Å². The van der Waals surface area contributed by atoms with Gasteiger partial charge in [0.05, 0.1) is 12.3 Å². The monoisotopic (exact) mass is 307 g/mol. The average molecular weight is 309 g/mol. The molecule has 1 unspecified atom stereocenters. The summed E-state index contributed by atoms with van der Waals surface area (Å²) in [6, 6.07) is 4.30. The van der Waals surface area contributed by atoms with Gasteiger partial charge in [-0.05, 0) is 34.1 Å². The van der Waals surface area contributed by atoms with E-state index in [-0.39, 0.29) is 6.61 Å². The average Bonchev–Trinajstić information content (AvgIpc) is 2.22. The van der Waals surface area contributed by atoms with Crippen molar-refractivity contribution >= 4 is 39.2 Å². The molecule has 6 heteroatoms. The molecule has 0 amide bonds. The van der Waals surface area contributed by atoms with Crippen LogP contribution in [0.1, 0.15) is 0 Å². The highest BCUT2D eigenvalue weighted by Crippen LogP contribution is 2.26. The zero-order chi connectivity index (χ0) is 12.1. The summed E-state index contributed by atoms with van der Waals surface area (Å²) in [6.45, 7) is 0.0777. The van der Waals surface area contributed by atoms with Crippen LogP contribution in [0.25, 0.3) is 0 Å². The minimum Gasteiger partial charge on any atom is -0.480 e. The highest BCUT2D eigenvalue weighted by Gasteiger charge is 2.17. The van der Waals surface area contributed by atoms with Crippen molar-refractivity contribution in [3.8, 4) is 0 Å². The lowest BCUT2D eigenvalue weighted by atomic mass is 10.2. The number of carboxylic acid groups (broad SMARTS) is 1. The molecule has 0 aromatic heterocycles. The maximum Gasteiger partial charge on any atom is 0.328 e. The van der Waals surface area contributed by atoms with E-state index >= 15 is 0 Å². The fourth-order valence-corrected chi connectivity index (χ4v) is 1.67. The minimum absolute atomic E-state index is 0.0777. The Kier molecular flexibility index (Phi) is 5.05. The molecule has 0 aliphatic heterocycles. The van der Waals surface area contributed by atoms with Gasteiger partial charge in [0.1, 0.15) is 6.04 Å². The van der Waals surface area contributed by atoms with Crippen LogP contribution in [0.15, 0.2) is 22.7 Å². The maximum absolute atomic E-state index is 10.9. The number of ether oxygens (including phenoxy) is 1. The standard InChI is InChI=1S/C10H11BrClNO3/c1-16-5-9(10(14)15)13-8-4-6(12)2-3-7(8)11/h2-4,9,13H,5H2,1H3,(H,14,15). The second-order valence-electron chi connectivity index (χ2n) is 3.11. The third kappa shape index (κ3) is 3.66. The molecule has 0 radical (unpaired) electrons. The summed E-state index contributed by atoms with van der Waals surface area (Å²) in [4.78, 5) is 10.9. The summed E-state index contributed by atoms with van der Waals surface area (Å²) in [6.07, 6.45) is 0. The SMILES string of the molecule is COCC(Nc1cc(Cl)ccc1Br)C(=O)O. The number of nitrogens with one attached hydrogen (secondary N) is 1. The van der Waals surface area contributed by atoms with E-state index in [1.165, 1.54) is 7.11 Å². The number of carboxylic acids is 1. The number of hydrogen-bond acceptors (Lipinski definition) is 3. The zero-order valence-corrected chi connectivity index (χ0v) is 10.9. The van der Waals surface area contributed by atoms with Gasteiger partial charge in [0.25, 0.3) is 0 Å². The van der Waals surface area contributed by atoms with E-state index in [0.29, 0.717) is 10.7 Å². The Bertz CT molecular complexity index is 386. The zero-order valence-electron chi connectivity index (χ0n) is 8.54. The fraction of sp³-hybridized carbons (Fsp3) is 0.300. The number of hydrogen-bond donors (Lipinski definition) is 2. The molecular weight excluding hydrogens is 297 g/mol. The maximum atomic E-state index is 10.9. The van der Waals surface area contributed by atoms with Gasteiger partial charge in [0.15, 0.2) is 0 Å². The highest BCUT2D eigenvalue weighted by molar-refractivity contribution is 9.10. The summed E-state index contributed by atoms with van der Waals surface area (Å²) in [5.41, 5.74) is 0.622. The van der Waals surface area contributed by atoms with Crippen molar-refractivity contribution in [2.45, 2.75) is 6.04 Å². The highest BCUT2D eigenvalue weighted by atomic mass is 79.9. The number of carbonyl (C=O) groups is 1. The predicted molar refractivity (Wildman–Crippen MR) is 66.1 cm³/mol. The smallest absolute Gasteiger partial charge is 0.328 e. The van der Waals surface area contributed by atoms with E-state index < -0.39 is 12.0 Å². The number of anilines is 1. The van der Waals surface area contributed by atoms with E-state index in [4.69, 9.17) is 21.4 Å². The molecule has 0 saturated carbocycles. The normalized spacial score (nSPS) is 12.2. The van der Waals surface area contributed by atoms with Crippen LogP contribution in [0.2, 0.25) is 5.02 Å². The van der Waals surface area contributed by atoms with Crippen molar-refractivity contribution in [2.24, 2.45) is 0 Å². The fourth-order valence-electron chi connectivity index (χ4n) is 1.14. The second-order valence-corrected chi connectivity index (χ2v) is 4.41. The number of methoxy groups -OCH3 is 1. The molecule has 2 N–H and O–H groups in total. The molecule has 0 fully saturated rings. The summed E-state index contributed by atoms with van der Waals surface area (Å²) in [5, 5.41) is 12.3. The Morgan fingerprint density at radius 1 is 1.69 bits per heavy atom. The van der Waals surface area contributed by atoms with Crippen molar-refractivity contribution in [3.63, 3.8) is 0 Å². The summed E-state index contributed by atoms with van der Waals surface area (Å²) in [7, 11) is 1.45. The van der Waals surface area contributed by atoms with Gasteiger partial charge < -0.3 is 15.2 Å². The van der Waals surface area contributed by atoms with Gasteiger partial charge in [0, 0.05) is 16.6 Å². The number of rotatable bonds is 5. The van der Waals surface area contributed by atoms with Crippen molar-refractivity contribution in [1.82, 2.24) is 0 Å². The van der Waals surface area contributed by atoms with E-state index in [1.54, 1.807) is 18.2 Å². The third-order valence-corrected chi connectivity index (χ3v) is 2.82. The topological polar surface area (TPSA) is 58.6 Å². The molecule has 1 atom stereocenters. The summed E-state index contributed by atoms with van der Waals surface area (Å²) in [5.74, 6) is -0.978. The van der Waals surface area contributed by atoms with Crippen LogP contribution in [0.3, 0.4) is 0 Å². The first kappa shape index (κ1) is 13.3. The molecule has 0 bridgehead atoms. The Morgan fingerprint density at radius 2 is 2.38 bits per heavy atom. The van der Waals surface area contributed by atoms with Crippen LogP contribution < -0.4 is 5.32 Å². The predicted octanol–water partition coefficient (Wildman–Crippen LogP) is 2.61. The number of halogens is 2. The molecular formula is C10H11BrClNO3. The van der Waals surface area contributed by atoms with Crippen LogP contribution in [0.4, 0.5) is 5.69 Å². The van der Waals surface area contributed by atoms with Crippen molar-refractivity contribution in [2.75, 3.05) is 19.0 Å². The van der Waals surface area contributed by atoms with Crippen molar-refractivity contribution in [1.29, 1.82) is 0 Å². The van der Waals surface area contributed by atoms with Gasteiger partial charge in [-0.25, -0.2) is 4.79 Å². The van der Waals surface area contributed by atoms with Crippen LogP contribution in [-0.2, 0) is 9.53 Å². The Balaban J connectivity index is 2.84. The van der Waals surface area contributed by atoms with Crippen LogP contribution in [0.5, 0.6) is 0 Å². The van der Waals surface area contributed by atoms with Crippen LogP contribution in [0, 0.1) is 0 Å². The summed E-state index contributed by atoms with van der Waals surface area (Å²) < 4.78 is 5.57. The molecule has 1 aromatic carbocycles. The molecule has 0 spiro atoms. The quantitative estimate of drug-likeness (QED) is 0.878. The van der Waals surface area contributed by atoms with Crippen LogP contribution >= 0.6 is 27.5 Å². The molecule has 1 aromatic rings. The first-order valence-electron chi connectivity index (χ1n) is 4.48. The van der Waals surface area contributed by atoms with Gasteiger partial charge in [-0.15, -0.1) is 0 Å². The molecule has 0 heterocycles. The largest absolute Gasteiger partial charge is 0.480 e. The molecule has 0 saturated heterocycles. The van der Waals surface area contributed by atoms with Crippen molar-refractivity contribution < 1.29 is 14.6 Å². The van der Waals surface area contributed by atoms with E-state index in [1.807, 2.05) is 0 Å². The second kappa shape index (κ2) is 6.08.